The molecule has 0 saturated carbocycles. The van der Waals surface area contributed by atoms with E-state index in [1.54, 1.807) is 12.1 Å². The number of hydrogen-bond acceptors (Lipinski definition) is 5. The Morgan fingerprint density at radius 1 is 1.11 bits per heavy atom. The van der Waals surface area contributed by atoms with Crippen molar-refractivity contribution in [2.75, 3.05) is 18.9 Å². The van der Waals surface area contributed by atoms with Gasteiger partial charge in [-0.25, -0.2) is 4.98 Å². The zero-order valence-corrected chi connectivity index (χ0v) is 21.7. The summed E-state index contributed by atoms with van der Waals surface area (Å²) >= 11 is 13.0. The van der Waals surface area contributed by atoms with Crippen molar-refractivity contribution in [2.45, 2.75) is 31.2 Å². The maximum Gasteiger partial charge on any atom is 0.250 e. The van der Waals surface area contributed by atoms with Crippen LogP contribution in [0.1, 0.15) is 45.2 Å². The molecule has 9 heteroatoms. The number of pyridine rings is 1. The number of Topliss-reactive ketones (excluding diaryl/α,β-unsaturated/α-hetero) is 1. The second kappa shape index (κ2) is 7.63. The number of amides is 1. The molecule has 7 rings (SSSR count). The number of fused-ring (bicyclic) bond motifs is 5. The molecule has 37 heavy (non-hydrogen) atoms. The molecule has 2 spiro atoms. The van der Waals surface area contributed by atoms with E-state index >= 15 is 0 Å². The zero-order chi connectivity index (χ0) is 25.7. The summed E-state index contributed by atoms with van der Waals surface area (Å²) in [4.78, 5) is 35.9. The molecular formula is C28H23Cl2N5O2. The van der Waals surface area contributed by atoms with Gasteiger partial charge in [0.2, 0.25) is 0 Å². The van der Waals surface area contributed by atoms with Gasteiger partial charge in [-0.1, -0.05) is 47.5 Å². The Labute approximate surface area is 223 Å². The van der Waals surface area contributed by atoms with Crippen LogP contribution in [0.25, 0.3) is 11.0 Å². The number of nitrogens with one attached hydrogen (secondary N) is 2. The van der Waals surface area contributed by atoms with Crippen molar-refractivity contribution < 1.29 is 9.59 Å². The number of para-hydroxylation sites is 1. The Morgan fingerprint density at radius 2 is 1.92 bits per heavy atom. The molecule has 2 N–H and O–H groups in total. The standard InChI is InChI=1S/C28H23Cl2N5O2/c1-14-17-12-18-22(31-25(17)34-33-14)9-10-27(24(18)36)20(16-8-7-15(29)11-21(16)30)13-35(2)28(27)19-5-3-4-6-23(19)32-26(28)37/h3-8,11-12,20H,9-10,13H2,1-2H3,(H,32,37)(H,31,33,34)/t20-,27+,28+/m1/s1. The number of anilines is 1. The second-order valence-corrected chi connectivity index (χ2v) is 11.2. The number of likely N-dealkylation sites (tertiary alicyclic amines) is 1. The van der Waals surface area contributed by atoms with Crippen LogP contribution >= 0.6 is 23.2 Å². The number of rotatable bonds is 1. The van der Waals surface area contributed by atoms with E-state index in [0.717, 1.165) is 27.9 Å². The monoisotopic (exact) mass is 531 g/mol. The minimum Gasteiger partial charge on any atom is -0.324 e. The first kappa shape index (κ1) is 22.9. The van der Waals surface area contributed by atoms with Crippen LogP contribution in [0.3, 0.4) is 0 Å². The zero-order valence-electron chi connectivity index (χ0n) is 20.2. The molecule has 2 aromatic carbocycles. The fourth-order valence-corrected chi connectivity index (χ4v) is 7.74. The smallest absolute Gasteiger partial charge is 0.250 e. The van der Waals surface area contributed by atoms with Gasteiger partial charge < -0.3 is 5.32 Å². The Morgan fingerprint density at radius 3 is 2.73 bits per heavy atom. The number of hydrogen-bond donors (Lipinski definition) is 2. The number of halogens is 2. The van der Waals surface area contributed by atoms with Crippen molar-refractivity contribution in [1.82, 2.24) is 20.1 Å². The lowest BCUT2D eigenvalue weighted by Crippen LogP contribution is -2.60. The number of aromatic amines is 1. The van der Waals surface area contributed by atoms with Gasteiger partial charge in [0.1, 0.15) is 5.54 Å². The van der Waals surface area contributed by atoms with Gasteiger partial charge in [0.15, 0.2) is 11.4 Å². The van der Waals surface area contributed by atoms with Crippen molar-refractivity contribution in [2.24, 2.45) is 5.41 Å². The molecule has 2 aliphatic heterocycles. The Kier molecular flexibility index (Phi) is 4.72. The highest BCUT2D eigenvalue weighted by atomic mass is 35.5. The highest BCUT2D eigenvalue weighted by Gasteiger charge is 2.74. The lowest BCUT2D eigenvalue weighted by molar-refractivity contribution is -0.130. The Bertz CT molecular complexity index is 1670. The largest absolute Gasteiger partial charge is 0.324 e. The first-order chi connectivity index (χ1) is 17.8. The van der Waals surface area contributed by atoms with Crippen molar-refractivity contribution in [3.63, 3.8) is 0 Å². The topological polar surface area (TPSA) is 91.0 Å². The molecule has 7 nitrogen and oxygen atoms in total. The lowest BCUT2D eigenvalue weighted by Gasteiger charge is -2.48. The van der Waals surface area contributed by atoms with E-state index in [2.05, 4.69) is 15.5 Å². The SMILES string of the molecule is Cc1[nH]nc2nc3c(cc12)C(=O)[C@]1(CC3)[C@@H](c2ccc(Cl)cc2Cl)CN(C)[C@@]12C(=O)Nc1ccccc12. The van der Waals surface area contributed by atoms with Crippen LogP contribution in [0.2, 0.25) is 10.0 Å². The molecule has 2 aromatic heterocycles. The van der Waals surface area contributed by atoms with Gasteiger partial charge in [-0.05, 0) is 56.6 Å². The number of H-pyrrole nitrogens is 1. The molecular weight excluding hydrogens is 509 g/mol. The summed E-state index contributed by atoms with van der Waals surface area (Å²) in [5.74, 6) is -0.619. The normalized spacial score (nSPS) is 26.8. The highest BCUT2D eigenvalue weighted by Crippen LogP contribution is 2.66. The van der Waals surface area contributed by atoms with E-state index in [-0.39, 0.29) is 17.6 Å². The molecule has 4 heterocycles. The van der Waals surface area contributed by atoms with E-state index in [1.807, 2.05) is 55.3 Å². The molecule has 0 unspecified atom stereocenters. The number of nitrogens with zero attached hydrogens (tertiary/aromatic N) is 3. The summed E-state index contributed by atoms with van der Waals surface area (Å²) in [5, 5.41) is 12.2. The maximum absolute atomic E-state index is 15.0. The average molecular weight is 532 g/mol. The summed E-state index contributed by atoms with van der Waals surface area (Å²) in [6.07, 6.45) is 0.978. The molecule has 4 aromatic rings. The third-order valence-corrected chi connectivity index (χ3v) is 9.28. The van der Waals surface area contributed by atoms with Crippen molar-refractivity contribution in [1.29, 1.82) is 0 Å². The van der Waals surface area contributed by atoms with Crippen molar-refractivity contribution in [3.05, 3.63) is 86.7 Å². The number of benzene rings is 2. The van der Waals surface area contributed by atoms with Crippen molar-refractivity contribution >= 4 is 51.6 Å². The quantitative estimate of drug-likeness (QED) is 0.349. The van der Waals surface area contributed by atoms with Gasteiger partial charge in [0.05, 0.1) is 11.1 Å². The maximum atomic E-state index is 15.0. The predicted molar refractivity (Wildman–Crippen MR) is 142 cm³/mol. The Hall–Kier alpha value is -3.26. The summed E-state index contributed by atoms with van der Waals surface area (Å²) < 4.78 is 0. The van der Waals surface area contributed by atoms with Gasteiger partial charge >= 0.3 is 0 Å². The number of carbonyl (C=O) groups is 2. The van der Waals surface area contributed by atoms with Crippen molar-refractivity contribution in [3.8, 4) is 0 Å². The summed E-state index contributed by atoms with van der Waals surface area (Å²) in [7, 11) is 1.93. The van der Waals surface area contributed by atoms with E-state index in [1.165, 1.54) is 0 Å². The summed E-state index contributed by atoms with van der Waals surface area (Å²) in [6.45, 7) is 2.39. The fraction of sp³-hybridized carbons (Fsp3) is 0.286. The van der Waals surface area contributed by atoms with Crippen LogP contribution in [0.15, 0.2) is 48.5 Å². The minimum absolute atomic E-state index is 0.0871. The van der Waals surface area contributed by atoms with Gasteiger partial charge in [-0.2, -0.15) is 5.10 Å². The third-order valence-electron chi connectivity index (χ3n) is 8.72. The van der Waals surface area contributed by atoms with Gasteiger partial charge in [0.25, 0.3) is 5.91 Å². The highest BCUT2D eigenvalue weighted by molar-refractivity contribution is 6.35. The van der Waals surface area contributed by atoms with E-state index in [9.17, 15) is 9.59 Å². The molecule has 1 amide bonds. The number of ketones is 1. The third kappa shape index (κ3) is 2.72. The Balaban J connectivity index is 1.55. The number of aromatic nitrogens is 3. The summed E-state index contributed by atoms with van der Waals surface area (Å²) in [5.41, 5.74) is 2.76. The van der Waals surface area contributed by atoms with Gasteiger partial charge in [-0.15, -0.1) is 0 Å². The van der Waals surface area contributed by atoms with E-state index in [4.69, 9.17) is 28.2 Å². The van der Waals surface area contributed by atoms with E-state index < -0.39 is 11.0 Å². The van der Waals surface area contributed by atoms with Crippen LogP contribution in [-0.2, 0) is 16.8 Å². The van der Waals surface area contributed by atoms with Crippen LogP contribution in [0, 0.1) is 12.3 Å². The van der Waals surface area contributed by atoms with Gasteiger partial charge in [0, 0.05) is 50.4 Å². The molecule has 0 bridgehead atoms. The van der Waals surface area contributed by atoms with Crippen LogP contribution in [0.4, 0.5) is 5.69 Å². The van der Waals surface area contributed by atoms with Crippen LogP contribution in [0.5, 0.6) is 0 Å². The summed E-state index contributed by atoms with van der Waals surface area (Å²) in [6, 6.07) is 15.0. The number of carbonyl (C=O) groups excluding carboxylic acids is 2. The fourth-order valence-electron chi connectivity index (χ4n) is 7.20. The predicted octanol–water partition coefficient (Wildman–Crippen LogP) is 5.27. The molecule has 3 atom stereocenters. The first-order valence-electron chi connectivity index (χ1n) is 12.3. The lowest BCUT2D eigenvalue weighted by atomic mass is 9.54. The molecule has 1 aliphatic carbocycles. The second-order valence-electron chi connectivity index (χ2n) is 10.3. The first-order valence-corrected chi connectivity index (χ1v) is 13.0. The molecule has 3 aliphatic rings. The van der Waals surface area contributed by atoms with Gasteiger partial charge in [-0.3, -0.25) is 19.6 Å². The van der Waals surface area contributed by atoms with Crippen LogP contribution < -0.4 is 5.32 Å². The molecule has 1 saturated heterocycles. The minimum atomic E-state index is -1.20. The van der Waals surface area contributed by atoms with E-state index in [0.29, 0.717) is 46.3 Å². The average Bonchev–Trinajstić information content (AvgIpc) is 3.48. The number of aryl methyl sites for hydroxylation is 2. The number of likely N-dealkylation sites (N-methyl/N-ethyl adjacent to an activating group) is 1. The molecule has 0 radical (unpaired) electrons. The molecule has 186 valence electrons. The van der Waals surface area contributed by atoms with Crippen LogP contribution in [-0.4, -0.2) is 45.4 Å². The molecule has 1 fully saturated rings.